The molecular weight excluding hydrogens is 475 g/mol. The molecule has 2 aromatic heterocycles. The van der Waals surface area contributed by atoms with E-state index in [-0.39, 0.29) is 12.1 Å². The molecule has 1 aromatic carbocycles. The van der Waals surface area contributed by atoms with Crippen molar-refractivity contribution < 1.29 is 14.3 Å². The van der Waals surface area contributed by atoms with Crippen molar-refractivity contribution in [2.24, 2.45) is 0 Å². The number of urea groups is 1. The minimum absolute atomic E-state index is 0.348. The summed E-state index contributed by atoms with van der Waals surface area (Å²) in [5.41, 5.74) is 0.844. The normalized spacial score (nSPS) is 12.0. The predicted octanol–water partition coefficient (Wildman–Crippen LogP) is 4.03. The third-order valence-electron chi connectivity index (χ3n) is 3.20. The summed E-state index contributed by atoms with van der Waals surface area (Å²) in [6.07, 6.45) is 1.44. The Bertz CT molecular complexity index is 940. The number of benzene rings is 1. The Labute approximate surface area is 165 Å². The zero-order chi connectivity index (χ0) is 18.0. The number of carbonyl (C=O) groups excluding carboxylic acids is 2. The summed E-state index contributed by atoms with van der Waals surface area (Å²) in [5, 5.41) is 6.66. The van der Waals surface area contributed by atoms with E-state index in [1.54, 1.807) is 6.92 Å². The highest BCUT2D eigenvalue weighted by atomic mass is 127. The van der Waals surface area contributed by atoms with Crippen molar-refractivity contribution in [3.05, 3.63) is 37.9 Å². The van der Waals surface area contributed by atoms with Crippen LogP contribution in [0.25, 0.3) is 10.2 Å². The maximum atomic E-state index is 12.2. The van der Waals surface area contributed by atoms with Gasteiger partial charge in [-0.3, -0.25) is 5.32 Å². The van der Waals surface area contributed by atoms with Gasteiger partial charge in [0, 0.05) is 3.57 Å². The van der Waals surface area contributed by atoms with Crippen LogP contribution in [0.3, 0.4) is 0 Å². The Morgan fingerprint density at radius 3 is 2.88 bits per heavy atom. The lowest BCUT2D eigenvalue weighted by atomic mass is 10.3. The monoisotopic (exact) mass is 488 g/mol. The molecular formula is C15H13IN4O3S2. The van der Waals surface area contributed by atoms with Crippen molar-refractivity contribution in [1.29, 1.82) is 0 Å². The summed E-state index contributed by atoms with van der Waals surface area (Å²) >= 11 is 4.83. The SMILES string of the molecule is COC(=O)c1cnc(C(C)NC(=O)Nc2nc3ccc(I)cc3s2)s1. The predicted molar refractivity (Wildman–Crippen MR) is 106 cm³/mol. The molecule has 0 saturated heterocycles. The van der Waals surface area contributed by atoms with Crippen LogP contribution in [0.1, 0.15) is 27.6 Å². The van der Waals surface area contributed by atoms with Crippen LogP contribution in [0.2, 0.25) is 0 Å². The number of amides is 2. The van der Waals surface area contributed by atoms with Gasteiger partial charge in [0.25, 0.3) is 0 Å². The van der Waals surface area contributed by atoms with Gasteiger partial charge in [0.05, 0.1) is 29.6 Å². The van der Waals surface area contributed by atoms with Crippen molar-refractivity contribution >= 4 is 72.6 Å². The number of hydrogen-bond donors (Lipinski definition) is 2. The van der Waals surface area contributed by atoms with Crippen molar-refractivity contribution in [2.45, 2.75) is 13.0 Å². The summed E-state index contributed by atoms with van der Waals surface area (Å²) in [7, 11) is 1.32. The van der Waals surface area contributed by atoms with Crippen molar-refractivity contribution in [3.8, 4) is 0 Å². The molecule has 7 nitrogen and oxygen atoms in total. The zero-order valence-corrected chi connectivity index (χ0v) is 17.0. The fourth-order valence-electron chi connectivity index (χ4n) is 2.03. The molecule has 0 spiro atoms. The molecule has 3 rings (SSSR count). The lowest BCUT2D eigenvalue weighted by Crippen LogP contribution is -2.31. The lowest BCUT2D eigenvalue weighted by molar-refractivity contribution is 0.0606. The maximum Gasteiger partial charge on any atom is 0.349 e. The average molecular weight is 488 g/mol. The van der Waals surface area contributed by atoms with Gasteiger partial charge in [-0.1, -0.05) is 11.3 Å². The van der Waals surface area contributed by atoms with Gasteiger partial charge in [0.15, 0.2) is 5.13 Å². The molecule has 1 atom stereocenters. The van der Waals surface area contributed by atoms with Crippen LogP contribution in [-0.2, 0) is 4.74 Å². The van der Waals surface area contributed by atoms with E-state index in [4.69, 9.17) is 0 Å². The largest absolute Gasteiger partial charge is 0.465 e. The molecule has 130 valence electrons. The highest BCUT2D eigenvalue weighted by Crippen LogP contribution is 2.27. The second-order valence-corrected chi connectivity index (χ2v) is 8.34. The van der Waals surface area contributed by atoms with E-state index in [1.807, 2.05) is 18.2 Å². The quantitative estimate of drug-likeness (QED) is 0.428. The van der Waals surface area contributed by atoms with Gasteiger partial charge >= 0.3 is 12.0 Å². The van der Waals surface area contributed by atoms with Gasteiger partial charge < -0.3 is 10.1 Å². The molecule has 0 bridgehead atoms. The third-order valence-corrected chi connectivity index (χ3v) is 5.96. The number of thiazole rings is 2. The molecule has 0 radical (unpaired) electrons. The topological polar surface area (TPSA) is 93.2 Å². The summed E-state index contributed by atoms with van der Waals surface area (Å²) in [5.74, 6) is -0.440. The van der Waals surface area contributed by atoms with Gasteiger partial charge in [-0.05, 0) is 47.7 Å². The lowest BCUT2D eigenvalue weighted by Gasteiger charge is -2.10. The summed E-state index contributed by atoms with van der Waals surface area (Å²) in [6.45, 7) is 1.79. The summed E-state index contributed by atoms with van der Waals surface area (Å²) < 4.78 is 6.78. The van der Waals surface area contributed by atoms with E-state index >= 15 is 0 Å². The molecule has 3 aromatic rings. The Morgan fingerprint density at radius 2 is 2.12 bits per heavy atom. The Morgan fingerprint density at radius 1 is 1.32 bits per heavy atom. The number of aromatic nitrogens is 2. The number of hydrogen-bond acceptors (Lipinski definition) is 7. The Hall–Kier alpha value is -1.79. The average Bonchev–Trinajstić information content (AvgIpc) is 3.20. The first-order chi connectivity index (χ1) is 12.0. The molecule has 10 heteroatoms. The number of fused-ring (bicyclic) bond motifs is 1. The minimum atomic E-state index is -0.440. The van der Waals surface area contributed by atoms with E-state index < -0.39 is 5.97 Å². The molecule has 25 heavy (non-hydrogen) atoms. The number of anilines is 1. The highest BCUT2D eigenvalue weighted by molar-refractivity contribution is 14.1. The first kappa shape index (κ1) is 18.0. The molecule has 0 aliphatic carbocycles. The smallest absolute Gasteiger partial charge is 0.349 e. The van der Waals surface area contributed by atoms with E-state index in [0.717, 1.165) is 13.8 Å². The fraction of sp³-hybridized carbons (Fsp3) is 0.200. The number of nitrogens with zero attached hydrogens (tertiary/aromatic N) is 2. The molecule has 0 fully saturated rings. The van der Waals surface area contributed by atoms with Crippen LogP contribution in [0.5, 0.6) is 0 Å². The molecule has 0 aliphatic heterocycles. The van der Waals surface area contributed by atoms with Gasteiger partial charge in [-0.25, -0.2) is 19.6 Å². The van der Waals surface area contributed by atoms with E-state index in [2.05, 4.69) is 47.9 Å². The van der Waals surface area contributed by atoms with Crippen LogP contribution in [-0.4, -0.2) is 29.1 Å². The van der Waals surface area contributed by atoms with E-state index in [0.29, 0.717) is 15.0 Å². The number of carbonyl (C=O) groups is 2. The molecule has 0 saturated carbocycles. The fourth-order valence-corrected chi connectivity index (χ4v) is 4.47. The number of ether oxygens (including phenoxy) is 1. The Kier molecular flexibility index (Phi) is 5.49. The third kappa shape index (κ3) is 4.25. The number of esters is 1. The van der Waals surface area contributed by atoms with Crippen LogP contribution in [0.4, 0.5) is 9.93 Å². The number of methoxy groups -OCH3 is 1. The minimum Gasteiger partial charge on any atom is -0.465 e. The van der Waals surface area contributed by atoms with Crippen LogP contribution >= 0.6 is 45.3 Å². The summed E-state index contributed by atoms with van der Waals surface area (Å²) in [4.78, 5) is 32.6. The van der Waals surface area contributed by atoms with Crippen LogP contribution in [0, 0.1) is 3.57 Å². The number of rotatable bonds is 4. The molecule has 0 aliphatic rings. The number of halogens is 1. The summed E-state index contributed by atoms with van der Waals surface area (Å²) in [6, 6.07) is 5.18. The van der Waals surface area contributed by atoms with E-state index in [1.165, 1.54) is 36.0 Å². The van der Waals surface area contributed by atoms with Crippen molar-refractivity contribution in [2.75, 3.05) is 12.4 Å². The van der Waals surface area contributed by atoms with Gasteiger partial charge in [-0.2, -0.15) is 0 Å². The molecule has 2 heterocycles. The second kappa shape index (κ2) is 7.62. The van der Waals surface area contributed by atoms with Crippen molar-refractivity contribution in [3.63, 3.8) is 0 Å². The molecule has 1 unspecified atom stereocenters. The van der Waals surface area contributed by atoms with Crippen molar-refractivity contribution in [1.82, 2.24) is 15.3 Å². The van der Waals surface area contributed by atoms with Gasteiger partial charge in [0.1, 0.15) is 9.88 Å². The maximum absolute atomic E-state index is 12.2. The first-order valence-corrected chi connectivity index (χ1v) is 9.85. The number of nitrogens with one attached hydrogen (secondary N) is 2. The van der Waals surface area contributed by atoms with Gasteiger partial charge in [0.2, 0.25) is 0 Å². The highest BCUT2D eigenvalue weighted by Gasteiger charge is 2.17. The first-order valence-electron chi connectivity index (χ1n) is 7.14. The Balaban J connectivity index is 1.64. The second-order valence-electron chi connectivity index (χ2n) is 5.01. The standard InChI is InChI=1S/C15H13IN4O3S2/c1-7(12-17-6-11(24-12)13(21)23-2)18-14(22)20-15-19-9-4-3-8(16)5-10(9)25-15/h3-7H,1-2H3,(H2,18,19,20,22). The van der Waals surface area contributed by atoms with Crippen LogP contribution < -0.4 is 10.6 Å². The van der Waals surface area contributed by atoms with Crippen LogP contribution in [0.15, 0.2) is 24.4 Å². The molecule has 2 amide bonds. The zero-order valence-electron chi connectivity index (χ0n) is 13.2. The van der Waals surface area contributed by atoms with Gasteiger partial charge in [-0.15, -0.1) is 11.3 Å². The van der Waals surface area contributed by atoms with E-state index in [9.17, 15) is 9.59 Å². The molecule has 2 N–H and O–H groups in total.